The zero-order valence-electron chi connectivity index (χ0n) is 21.6. The van der Waals surface area contributed by atoms with E-state index in [9.17, 15) is 5.26 Å². The van der Waals surface area contributed by atoms with Crippen molar-refractivity contribution in [3.8, 4) is 45.1 Å². The number of nitrogen functional groups attached to an aromatic ring is 1. The van der Waals surface area contributed by atoms with Gasteiger partial charge in [-0.3, -0.25) is 4.98 Å². The lowest BCUT2D eigenvalue weighted by Gasteiger charge is -2.17. The third-order valence-electron chi connectivity index (χ3n) is 7.48. The Morgan fingerprint density at radius 2 is 1.30 bits per heavy atom. The minimum absolute atomic E-state index is 0.613. The van der Waals surface area contributed by atoms with E-state index in [0.29, 0.717) is 11.3 Å². The van der Waals surface area contributed by atoms with Crippen molar-refractivity contribution in [2.75, 3.05) is 5.73 Å². The average Bonchev–Trinajstić information content (AvgIpc) is 3.36. The van der Waals surface area contributed by atoms with Crippen LogP contribution in [0, 0.1) is 11.3 Å². The lowest BCUT2D eigenvalue weighted by atomic mass is 9.91. The van der Waals surface area contributed by atoms with Gasteiger partial charge in [0.05, 0.1) is 40.2 Å². The molecular formula is C36H24N4. The molecule has 2 aromatic heterocycles. The number of aromatic nitrogens is 2. The summed E-state index contributed by atoms with van der Waals surface area (Å²) < 4.78 is 2.20. The van der Waals surface area contributed by atoms with Gasteiger partial charge in [0.1, 0.15) is 0 Å². The molecule has 4 heteroatoms. The van der Waals surface area contributed by atoms with Crippen LogP contribution in [-0.4, -0.2) is 9.55 Å². The Morgan fingerprint density at radius 3 is 2.08 bits per heavy atom. The summed E-state index contributed by atoms with van der Waals surface area (Å²) in [6, 6.07) is 43.4. The molecule has 0 radical (unpaired) electrons. The third-order valence-corrected chi connectivity index (χ3v) is 7.48. The first-order chi connectivity index (χ1) is 19.7. The molecule has 0 saturated heterocycles. The smallest absolute Gasteiger partial charge is 0.0998 e. The number of fused-ring (bicyclic) bond motifs is 3. The SMILES string of the molecule is N#Cc1ccccc1-c1cncc(-n2c3ccccc3c3cc(-c4ccccc4)c(-c4ccccc4)c(N)c32)c1. The summed E-state index contributed by atoms with van der Waals surface area (Å²) in [5, 5.41) is 11.9. The van der Waals surface area contributed by atoms with E-state index in [4.69, 9.17) is 5.73 Å². The number of pyridine rings is 1. The van der Waals surface area contributed by atoms with Gasteiger partial charge in [0, 0.05) is 33.7 Å². The second-order valence-electron chi connectivity index (χ2n) is 9.78. The summed E-state index contributed by atoms with van der Waals surface area (Å²) in [6.07, 6.45) is 3.66. The maximum Gasteiger partial charge on any atom is 0.0998 e. The molecule has 7 aromatic rings. The number of anilines is 1. The first kappa shape index (κ1) is 23.5. The van der Waals surface area contributed by atoms with Crippen molar-refractivity contribution >= 4 is 27.5 Å². The number of nitriles is 1. The Bertz CT molecular complexity index is 2070. The normalized spacial score (nSPS) is 11.1. The van der Waals surface area contributed by atoms with Crippen molar-refractivity contribution in [1.29, 1.82) is 5.26 Å². The van der Waals surface area contributed by atoms with E-state index in [2.05, 4.69) is 82.4 Å². The molecule has 5 aromatic carbocycles. The lowest BCUT2D eigenvalue weighted by molar-refractivity contribution is 1.14. The fourth-order valence-corrected chi connectivity index (χ4v) is 5.72. The number of hydrogen-bond acceptors (Lipinski definition) is 3. The van der Waals surface area contributed by atoms with Gasteiger partial charge in [-0.25, -0.2) is 0 Å². The molecule has 7 rings (SSSR count). The van der Waals surface area contributed by atoms with Crippen molar-refractivity contribution in [3.63, 3.8) is 0 Å². The monoisotopic (exact) mass is 512 g/mol. The molecule has 2 heterocycles. The number of para-hydroxylation sites is 1. The van der Waals surface area contributed by atoms with E-state index < -0.39 is 0 Å². The summed E-state index contributed by atoms with van der Waals surface area (Å²) in [5.74, 6) is 0. The fraction of sp³-hybridized carbons (Fsp3) is 0. The van der Waals surface area contributed by atoms with E-state index in [1.807, 2.05) is 60.8 Å². The molecule has 0 aliphatic rings. The number of hydrogen-bond donors (Lipinski definition) is 1. The van der Waals surface area contributed by atoms with Crippen molar-refractivity contribution < 1.29 is 0 Å². The summed E-state index contributed by atoms with van der Waals surface area (Å²) in [5.41, 5.74) is 17.4. The zero-order valence-corrected chi connectivity index (χ0v) is 21.6. The van der Waals surface area contributed by atoms with Crippen molar-refractivity contribution in [2.45, 2.75) is 0 Å². The number of benzene rings is 5. The largest absolute Gasteiger partial charge is 0.396 e. The topological polar surface area (TPSA) is 67.6 Å². The van der Waals surface area contributed by atoms with Crippen LogP contribution >= 0.6 is 0 Å². The second kappa shape index (κ2) is 9.58. The quantitative estimate of drug-likeness (QED) is 0.240. The number of nitrogens with zero attached hydrogens (tertiary/aromatic N) is 3. The van der Waals surface area contributed by atoms with Crippen LogP contribution in [0.25, 0.3) is 60.9 Å². The average molecular weight is 513 g/mol. The highest BCUT2D eigenvalue weighted by Gasteiger charge is 2.22. The molecule has 0 aliphatic heterocycles. The van der Waals surface area contributed by atoms with Crippen LogP contribution < -0.4 is 5.73 Å². The van der Waals surface area contributed by atoms with Gasteiger partial charge < -0.3 is 10.3 Å². The predicted octanol–water partition coefficient (Wildman–Crippen LogP) is 8.63. The predicted molar refractivity (Wildman–Crippen MR) is 164 cm³/mol. The van der Waals surface area contributed by atoms with Crippen molar-refractivity contribution in [2.24, 2.45) is 0 Å². The number of nitrogens with two attached hydrogens (primary N) is 1. The van der Waals surface area contributed by atoms with Crippen LogP contribution in [0.4, 0.5) is 5.69 Å². The molecular weight excluding hydrogens is 488 g/mol. The molecule has 188 valence electrons. The van der Waals surface area contributed by atoms with Crippen LogP contribution in [0.2, 0.25) is 0 Å². The van der Waals surface area contributed by atoms with Gasteiger partial charge in [-0.15, -0.1) is 0 Å². The Labute approximate surface area is 232 Å². The molecule has 4 nitrogen and oxygen atoms in total. The van der Waals surface area contributed by atoms with Gasteiger partial charge in [0.25, 0.3) is 0 Å². The van der Waals surface area contributed by atoms with Gasteiger partial charge in [0.2, 0.25) is 0 Å². The molecule has 0 unspecified atom stereocenters. The van der Waals surface area contributed by atoms with Crippen LogP contribution in [0.15, 0.2) is 134 Å². The van der Waals surface area contributed by atoms with Crippen LogP contribution in [0.1, 0.15) is 5.56 Å². The lowest BCUT2D eigenvalue weighted by Crippen LogP contribution is -2.01. The second-order valence-corrected chi connectivity index (χ2v) is 9.78. The fourth-order valence-electron chi connectivity index (χ4n) is 5.72. The van der Waals surface area contributed by atoms with E-state index in [1.54, 1.807) is 6.20 Å². The Morgan fingerprint density at radius 1 is 0.625 bits per heavy atom. The molecule has 2 N–H and O–H groups in total. The van der Waals surface area contributed by atoms with Crippen LogP contribution in [0.5, 0.6) is 0 Å². The third kappa shape index (κ3) is 3.73. The molecule has 0 bridgehead atoms. The highest BCUT2D eigenvalue weighted by Crippen LogP contribution is 2.45. The molecule has 0 aliphatic carbocycles. The van der Waals surface area contributed by atoms with Gasteiger partial charge in [0.15, 0.2) is 0 Å². The molecule has 0 fully saturated rings. The van der Waals surface area contributed by atoms with Gasteiger partial charge >= 0.3 is 0 Å². The standard InChI is InChI=1S/C36H24N4/c37-21-26-15-7-8-16-29(26)27-19-28(23-39-22-27)40-33-18-10-9-17-30(33)32-20-31(24-11-3-1-4-12-24)34(35(38)36(32)40)25-13-5-2-6-14-25/h1-20,22-23H,38H2. The maximum atomic E-state index is 9.72. The van der Waals surface area contributed by atoms with Crippen molar-refractivity contribution in [1.82, 2.24) is 9.55 Å². The zero-order chi connectivity index (χ0) is 27.1. The molecule has 0 saturated carbocycles. The summed E-state index contributed by atoms with van der Waals surface area (Å²) >= 11 is 0. The minimum Gasteiger partial charge on any atom is -0.396 e. The van der Waals surface area contributed by atoms with Gasteiger partial charge in [-0.2, -0.15) is 5.26 Å². The van der Waals surface area contributed by atoms with Gasteiger partial charge in [-0.1, -0.05) is 97.1 Å². The van der Waals surface area contributed by atoms with E-state index in [0.717, 1.165) is 60.9 Å². The first-order valence-corrected chi connectivity index (χ1v) is 13.2. The molecule has 0 spiro atoms. The van der Waals surface area contributed by atoms with E-state index in [1.165, 1.54) is 0 Å². The van der Waals surface area contributed by atoms with E-state index in [-0.39, 0.29) is 0 Å². The molecule has 40 heavy (non-hydrogen) atoms. The summed E-state index contributed by atoms with van der Waals surface area (Å²) in [6.45, 7) is 0. The summed E-state index contributed by atoms with van der Waals surface area (Å²) in [4.78, 5) is 4.61. The Kier molecular flexibility index (Phi) is 5.62. The summed E-state index contributed by atoms with van der Waals surface area (Å²) in [7, 11) is 0. The Balaban J connectivity index is 1.59. The number of rotatable bonds is 4. The molecule has 0 amide bonds. The van der Waals surface area contributed by atoms with Gasteiger partial charge in [-0.05, 0) is 41.0 Å². The maximum absolute atomic E-state index is 9.72. The van der Waals surface area contributed by atoms with Crippen molar-refractivity contribution in [3.05, 3.63) is 139 Å². The van der Waals surface area contributed by atoms with Crippen LogP contribution in [-0.2, 0) is 0 Å². The minimum atomic E-state index is 0.613. The van der Waals surface area contributed by atoms with E-state index >= 15 is 0 Å². The van der Waals surface area contributed by atoms with Crippen LogP contribution in [0.3, 0.4) is 0 Å². The highest BCUT2D eigenvalue weighted by atomic mass is 15.0. The highest BCUT2D eigenvalue weighted by molar-refractivity contribution is 6.18. The molecule has 0 atom stereocenters. The Hall–Kier alpha value is -5.66. The first-order valence-electron chi connectivity index (χ1n) is 13.2.